The van der Waals surface area contributed by atoms with Crippen LogP contribution >= 0.6 is 0 Å². The lowest BCUT2D eigenvalue weighted by Crippen LogP contribution is -2.45. The predicted molar refractivity (Wildman–Crippen MR) is 74.4 cm³/mol. The second kappa shape index (κ2) is 6.55. The number of carbonyl (C=O) groups excluding carboxylic acids is 1. The van der Waals surface area contributed by atoms with E-state index in [1.54, 1.807) is 0 Å². The first-order chi connectivity index (χ1) is 8.76. The molecule has 1 N–H and O–H groups in total. The van der Waals surface area contributed by atoms with Gasteiger partial charge in [-0.15, -0.1) is 0 Å². The van der Waals surface area contributed by atoms with Crippen LogP contribution in [-0.2, 0) is 4.79 Å². The number of unbranched alkanes of at least 4 members (excludes halogenated alkanes) is 1. The third kappa shape index (κ3) is 3.05. The fraction of sp³-hybridized carbons (Fsp3) is 0.933. The van der Waals surface area contributed by atoms with Gasteiger partial charge in [-0.2, -0.15) is 0 Å². The van der Waals surface area contributed by atoms with Crippen molar-refractivity contribution in [2.75, 3.05) is 13.1 Å². The van der Waals surface area contributed by atoms with Crippen LogP contribution in [0.15, 0.2) is 0 Å². The Morgan fingerprint density at radius 2 is 2.06 bits per heavy atom. The van der Waals surface area contributed by atoms with Gasteiger partial charge in [-0.25, -0.2) is 0 Å². The summed E-state index contributed by atoms with van der Waals surface area (Å²) in [6.07, 6.45) is 8.65. The van der Waals surface area contributed by atoms with Crippen molar-refractivity contribution in [3.05, 3.63) is 0 Å². The van der Waals surface area contributed by atoms with Crippen molar-refractivity contribution in [2.24, 2.45) is 5.92 Å². The van der Waals surface area contributed by atoms with Gasteiger partial charge < -0.3 is 10.2 Å². The lowest BCUT2D eigenvalue weighted by molar-refractivity contribution is -0.133. The van der Waals surface area contributed by atoms with Crippen LogP contribution in [0.2, 0.25) is 0 Å². The molecule has 1 heterocycles. The van der Waals surface area contributed by atoms with E-state index in [1.807, 2.05) is 4.90 Å². The molecule has 0 aromatic carbocycles. The van der Waals surface area contributed by atoms with E-state index in [-0.39, 0.29) is 6.04 Å². The van der Waals surface area contributed by atoms with Crippen molar-refractivity contribution in [3.8, 4) is 0 Å². The normalized spacial score (nSPS) is 31.1. The van der Waals surface area contributed by atoms with E-state index < -0.39 is 0 Å². The standard InChI is InChI=1S/C15H28N2O/c1-3-5-10-17(4-2)15(18)14-11-12-8-6-7-9-13(12)16-14/h12-14,16H,3-11H2,1-2H3. The largest absolute Gasteiger partial charge is 0.342 e. The Balaban J connectivity index is 1.88. The summed E-state index contributed by atoms with van der Waals surface area (Å²) in [7, 11) is 0. The number of rotatable bonds is 5. The van der Waals surface area contributed by atoms with Crippen molar-refractivity contribution >= 4 is 5.91 Å². The van der Waals surface area contributed by atoms with Gasteiger partial charge in [0.15, 0.2) is 0 Å². The van der Waals surface area contributed by atoms with Gasteiger partial charge in [0.1, 0.15) is 0 Å². The zero-order valence-electron chi connectivity index (χ0n) is 12.0. The van der Waals surface area contributed by atoms with Gasteiger partial charge in [-0.3, -0.25) is 4.79 Å². The number of fused-ring (bicyclic) bond motifs is 1. The zero-order valence-corrected chi connectivity index (χ0v) is 12.0. The number of carbonyl (C=O) groups is 1. The fourth-order valence-electron chi connectivity index (χ4n) is 3.50. The molecule has 1 saturated heterocycles. The van der Waals surface area contributed by atoms with E-state index in [9.17, 15) is 4.79 Å². The van der Waals surface area contributed by atoms with Crippen molar-refractivity contribution < 1.29 is 4.79 Å². The minimum atomic E-state index is 0.106. The maximum atomic E-state index is 12.5. The van der Waals surface area contributed by atoms with Gasteiger partial charge in [0.2, 0.25) is 5.91 Å². The summed E-state index contributed by atoms with van der Waals surface area (Å²) < 4.78 is 0. The van der Waals surface area contributed by atoms with Gasteiger partial charge in [0, 0.05) is 19.1 Å². The van der Waals surface area contributed by atoms with Crippen LogP contribution in [0.4, 0.5) is 0 Å². The van der Waals surface area contributed by atoms with Crippen LogP contribution in [0.25, 0.3) is 0 Å². The Morgan fingerprint density at radius 1 is 1.28 bits per heavy atom. The highest BCUT2D eigenvalue weighted by atomic mass is 16.2. The first-order valence-electron chi connectivity index (χ1n) is 7.81. The van der Waals surface area contributed by atoms with Gasteiger partial charge in [0.05, 0.1) is 6.04 Å². The third-order valence-corrected chi connectivity index (χ3v) is 4.64. The molecule has 3 heteroatoms. The van der Waals surface area contributed by atoms with E-state index in [4.69, 9.17) is 0 Å². The summed E-state index contributed by atoms with van der Waals surface area (Å²) in [4.78, 5) is 14.5. The molecule has 0 aromatic rings. The van der Waals surface area contributed by atoms with Crippen molar-refractivity contribution in [3.63, 3.8) is 0 Å². The summed E-state index contributed by atoms with van der Waals surface area (Å²) in [6.45, 7) is 6.06. The van der Waals surface area contributed by atoms with Crippen molar-refractivity contribution in [2.45, 2.75) is 70.9 Å². The summed E-state index contributed by atoms with van der Waals surface area (Å²) in [6, 6.07) is 0.729. The van der Waals surface area contributed by atoms with E-state index >= 15 is 0 Å². The SMILES string of the molecule is CCCCN(CC)C(=O)C1CC2CCCCC2N1. The average Bonchev–Trinajstić information content (AvgIpc) is 2.83. The van der Waals surface area contributed by atoms with Gasteiger partial charge in [-0.1, -0.05) is 26.2 Å². The lowest BCUT2D eigenvalue weighted by atomic mass is 9.85. The summed E-state index contributed by atoms with van der Waals surface area (Å²) >= 11 is 0. The topological polar surface area (TPSA) is 32.3 Å². The van der Waals surface area contributed by atoms with Crippen LogP contribution in [0.3, 0.4) is 0 Å². The van der Waals surface area contributed by atoms with Gasteiger partial charge >= 0.3 is 0 Å². The number of hydrogen-bond acceptors (Lipinski definition) is 2. The number of nitrogens with zero attached hydrogens (tertiary/aromatic N) is 1. The number of amides is 1. The minimum absolute atomic E-state index is 0.106. The van der Waals surface area contributed by atoms with Crippen molar-refractivity contribution in [1.82, 2.24) is 10.2 Å². The molecule has 2 aliphatic rings. The van der Waals surface area contributed by atoms with Crippen molar-refractivity contribution in [1.29, 1.82) is 0 Å². The van der Waals surface area contributed by atoms with E-state index in [1.165, 1.54) is 25.7 Å². The first kappa shape index (κ1) is 13.9. The first-order valence-corrected chi connectivity index (χ1v) is 7.81. The summed E-state index contributed by atoms with van der Waals surface area (Å²) in [5.74, 6) is 1.11. The molecule has 0 spiro atoms. The molecule has 3 atom stereocenters. The highest BCUT2D eigenvalue weighted by Crippen LogP contribution is 2.33. The van der Waals surface area contributed by atoms with E-state index in [0.29, 0.717) is 11.9 Å². The third-order valence-electron chi connectivity index (χ3n) is 4.64. The highest BCUT2D eigenvalue weighted by Gasteiger charge is 2.39. The van der Waals surface area contributed by atoms with Gasteiger partial charge in [-0.05, 0) is 38.5 Å². The molecule has 3 nitrogen and oxygen atoms in total. The molecular weight excluding hydrogens is 224 g/mol. The lowest BCUT2D eigenvalue weighted by Gasteiger charge is -2.25. The number of likely N-dealkylation sites (N-methyl/N-ethyl adjacent to an activating group) is 1. The average molecular weight is 252 g/mol. The highest BCUT2D eigenvalue weighted by molar-refractivity contribution is 5.82. The number of hydrogen-bond donors (Lipinski definition) is 1. The molecule has 104 valence electrons. The minimum Gasteiger partial charge on any atom is -0.342 e. The van der Waals surface area contributed by atoms with Crippen LogP contribution in [-0.4, -0.2) is 36.0 Å². The molecule has 1 saturated carbocycles. The molecule has 1 amide bonds. The number of nitrogens with one attached hydrogen (secondary N) is 1. The molecule has 2 rings (SSSR count). The Labute approximate surface area is 111 Å². The summed E-state index contributed by atoms with van der Waals surface area (Å²) in [5.41, 5.74) is 0. The molecule has 0 bridgehead atoms. The molecule has 1 aliphatic carbocycles. The second-order valence-electron chi connectivity index (χ2n) is 5.88. The van der Waals surface area contributed by atoms with Crippen LogP contribution < -0.4 is 5.32 Å². The zero-order chi connectivity index (χ0) is 13.0. The van der Waals surface area contributed by atoms with E-state index in [0.717, 1.165) is 38.3 Å². The Bertz CT molecular complexity index is 266. The molecule has 1 aliphatic heterocycles. The monoisotopic (exact) mass is 252 g/mol. The summed E-state index contributed by atoms with van der Waals surface area (Å²) in [5, 5.41) is 3.59. The van der Waals surface area contributed by atoms with Gasteiger partial charge in [0.25, 0.3) is 0 Å². The fourth-order valence-corrected chi connectivity index (χ4v) is 3.50. The maximum absolute atomic E-state index is 12.5. The Morgan fingerprint density at radius 3 is 2.72 bits per heavy atom. The Kier molecular flexibility index (Phi) is 5.04. The Hall–Kier alpha value is -0.570. The van der Waals surface area contributed by atoms with Crippen LogP contribution in [0.1, 0.15) is 58.8 Å². The maximum Gasteiger partial charge on any atom is 0.239 e. The van der Waals surface area contributed by atoms with E-state index in [2.05, 4.69) is 19.2 Å². The van der Waals surface area contributed by atoms with Crippen LogP contribution in [0.5, 0.6) is 0 Å². The van der Waals surface area contributed by atoms with Crippen LogP contribution in [0, 0.1) is 5.92 Å². The molecular formula is C15H28N2O. The molecule has 0 radical (unpaired) electrons. The molecule has 3 unspecified atom stereocenters. The molecule has 0 aromatic heterocycles. The smallest absolute Gasteiger partial charge is 0.239 e. The predicted octanol–water partition coefficient (Wildman–Crippen LogP) is 2.56. The molecule has 18 heavy (non-hydrogen) atoms. The second-order valence-corrected chi connectivity index (χ2v) is 5.88. The molecule has 2 fully saturated rings. The quantitative estimate of drug-likeness (QED) is 0.815.